The fraction of sp³-hybridized carbons (Fsp3) is 0.524. The Morgan fingerprint density at radius 1 is 1.11 bits per heavy atom. The molecule has 6 heteroatoms. The summed E-state index contributed by atoms with van der Waals surface area (Å²) in [7, 11) is 0. The van der Waals surface area contributed by atoms with Crippen molar-refractivity contribution in [1.82, 2.24) is 19.8 Å². The lowest BCUT2D eigenvalue weighted by molar-refractivity contribution is 0.0664. The number of aromatic nitrogens is 2. The molecule has 0 amide bonds. The van der Waals surface area contributed by atoms with Crippen LogP contribution in [0.15, 0.2) is 47.5 Å². The topological polar surface area (TPSA) is 59.4 Å². The zero-order valence-corrected chi connectivity index (χ0v) is 15.8. The molecular weight excluding hydrogens is 340 g/mol. The van der Waals surface area contributed by atoms with Gasteiger partial charge in [0.15, 0.2) is 0 Å². The number of likely N-dealkylation sites (tertiary alicyclic amines) is 1. The van der Waals surface area contributed by atoms with Crippen LogP contribution < -0.4 is 15.7 Å². The SMILES string of the molecule is O=c1ncccn1-c1cccc(OCCN2CCC3(CCNCC3)CC2)c1. The van der Waals surface area contributed by atoms with Gasteiger partial charge in [-0.25, -0.2) is 9.78 Å². The van der Waals surface area contributed by atoms with E-state index >= 15 is 0 Å². The second-order valence-corrected chi connectivity index (χ2v) is 7.71. The number of piperidine rings is 2. The average molecular weight is 368 g/mol. The normalized spacial score (nSPS) is 19.9. The molecule has 2 aliphatic rings. The molecule has 1 aromatic heterocycles. The quantitative estimate of drug-likeness (QED) is 0.876. The maximum Gasteiger partial charge on any atom is 0.352 e. The molecule has 0 atom stereocenters. The molecule has 0 radical (unpaired) electrons. The first-order chi connectivity index (χ1) is 13.2. The van der Waals surface area contributed by atoms with Crippen LogP contribution in [0.25, 0.3) is 5.69 Å². The summed E-state index contributed by atoms with van der Waals surface area (Å²) in [5, 5.41) is 3.48. The summed E-state index contributed by atoms with van der Waals surface area (Å²) in [4.78, 5) is 18.2. The molecule has 3 heterocycles. The summed E-state index contributed by atoms with van der Waals surface area (Å²) >= 11 is 0. The summed E-state index contributed by atoms with van der Waals surface area (Å²) in [5.41, 5.74) is 1.08. The third kappa shape index (κ3) is 4.39. The summed E-state index contributed by atoms with van der Waals surface area (Å²) < 4.78 is 7.48. The van der Waals surface area contributed by atoms with Gasteiger partial charge in [0.1, 0.15) is 12.4 Å². The highest BCUT2D eigenvalue weighted by Gasteiger charge is 2.35. The average Bonchev–Trinajstić information content (AvgIpc) is 2.71. The molecule has 2 aromatic rings. The summed E-state index contributed by atoms with van der Waals surface area (Å²) in [6.07, 6.45) is 8.52. The lowest BCUT2D eigenvalue weighted by atomic mass is 9.71. The monoisotopic (exact) mass is 368 g/mol. The smallest absolute Gasteiger partial charge is 0.352 e. The highest BCUT2D eigenvalue weighted by atomic mass is 16.5. The molecule has 2 aliphatic heterocycles. The molecule has 144 valence electrons. The predicted octanol–water partition coefficient (Wildman–Crippen LogP) is 2.08. The Balaban J connectivity index is 1.28. The molecule has 2 fully saturated rings. The van der Waals surface area contributed by atoms with E-state index in [1.807, 2.05) is 24.3 Å². The van der Waals surface area contributed by atoms with Crippen molar-refractivity contribution in [3.8, 4) is 11.4 Å². The van der Waals surface area contributed by atoms with Gasteiger partial charge in [-0.2, -0.15) is 0 Å². The van der Waals surface area contributed by atoms with Crippen LogP contribution in [-0.2, 0) is 0 Å². The van der Waals surface area contributed by atoms with Gasteiger partial charge in [0.05, 0.1) is 5.69 Å². The molecule has 0 bridgehead atoms. The van der Waals surface area contributed by atoms with E-state index < -0.39 is 0 Å². The maximum absolute atomic E-state index is 11.9. The Hall–Kier alpha value is -2.18. The van der Waals surface area contributed by atoms with Crippen LogP contribution in [0, 0.1) is 5.41 Å². The first-order valence-electron chi connectivity index (χ1n) is 9.94. The molecule has 27 heavy (non-hydrogen) atoms. The van der Waals surface area contributed by atoms with E-state index in [0.717, 1.165) is 18.0 Å². The van der Waals surface area contributed by atoms with Crippen LogP contribution in [0.5, 0.6) is 5.75 Å². The second kappa shape index (κ2) is 8.23. The number of hydrogen-bond donors (Lipinski definition) is 1. The van der Waals surface area contributed by atoms with Gasteiger partial charge < -0.3 is 10.1 Å². The minimum atomic E-state index is -0.283. The van der Waals surface area contributed by atoms with Gasteiger partial charge in [-0.15, -0.1) is 0 Å². The van der Waals surface area contributed by atoms with Gasteiger partial charge >= 0.3 is 5.69 Å². The second-order valence-electron chi connectivity index (χ2n) is 7.71. The number of ether oxygens (including phenoxy) is 1. The molecule has 6 nitrogen and oxygen atoms in total. The van der Waals surface area contributed by atoms with Crippen LogP contribution >= 0.6 is 0 Å². The van der Waals surface area contributed by atoms with Gasteiger partial charge in [0, 0.05) is 25.0 Å². The number of rotatable bonds is 5. The molecule has 1 N–H and O–H groups in total. The third-order valence-electron chi connectivity index (χ3n) is 6.07. The lowest BCUT2D eigenvalue weighted by Crippen LogP contribution is -2.46. The summed E-state index contributed by atoms with van der Waals surface area (Å²) in [6, 6.07) is 9.37. The molecule has 4 rings (SSSR count). The van der Waals surface area contributed by atoms with Crippen molar-refractivity contribution in [1.29, 1.82) is 0 Å². The van der Waals surface area contributed by atoms with Gasteiger partial charge in [-0.1, -0.05) is 6.07 Å². The van der Waals surface area contributed by atoms with Crippen molar-refractivity contribution < 1.29 is 4.74 Å². The van der Waals surface area contributed by atoms with Crippen LogP contribution in [0.2, 0.25) is 0 Å². The Kier molecular flexibility index (Phi) is 5.55. The number of hydrogen-bond acceptors (Lipinski definition) is 5. The van der Waals surface area contributed by atoms with E-state index in [2.05, 4.69) is 15.2 Å². The zero-order chi connectivity index (χ0) is 18.5. The number of nitrogens with one attached hydrogen (secondary N) is 1. The molecular formula is C21H28N4O2. The summed E-state index contributed by atoms with van der Waals surface area (Å²) in [6.45, 7) is 6.33. The number of nitrogens with zero attached hydrogens (tertiary/aromatic N) is 3. The van der Waals surface area contributed by atoms with Crippen molar-refractivity contribution >= 4 is 0 Å². The van der Waals surface area contributed by atoms with Crippen LogP contribution in [0.1, 0.15) is 25.7 Å². The third-order valence-corrected chi connectivity index (χ3v) is 6.07. The highest BCUT2D eigenvalue weighted by molar-refractivity contribution is 5.39. The molecule has 0 aliphatic carbocycles. The van der Waals surface area contributed by atoms with Crippen molar-refractivity contribution in [2.75, 3.05) is 39.3 Å². The van der Waals surface area contributed by atoms with E-state index in [1.165, 1.54) is 62.6 Å². The summed E-state index contributed by atoms with van der Waals surface area (Å²) in [5.74, 6) is 0.787. The van der Waals surface area contributed by atoms with Crippen molar-refractivity contribution in [3.63, 3.8) is 0 Å². The number of benzene rings is 1. The molecule has 1 aromatic carbocycles. The molecule has 0 saturated carbocycles. The van der Waals surface area contributed by atoms with E-state index in [9.17, 15) is 4.79 Å². The molecule has 2 saturated heterocycles. The van der Waals surface area contributed by atoms with Crippen LogP contribution in [-0.4, -0.2) is 53.8 Å². The Labute approximate surface area is 160 Å². The lowest BCUT2D eigenvalue weighted by Gasteiger charge is -2.44. The van der Waals surface area contributed by atoms with Crippen molar-refractivity contribution in [3.05, 3.63) is 53.2 Å². The minimum Gasteiger partial charge on any atom is -0.492 e. The first-order valence-corrected chi connectivity index (χ1v) is 9.94. The Bertz CT molecular complexity index is 804. The predicted molar refractivity (Wildman–Crippen MR) is 106 cm³/mol. The molecule has 0 unspecified atom stereocenters. The van der Waals surface area contributed by atoms with Gasteiger partial charge in [0.25, 0.3) is 0 Å². The molecule has 1 spiro atoms. The van der Waals surface area contributed by atoms with E-state index in [0.29, 0.717) is 12.0 Å². The van der Waals surface area contributed by atoms with Gasteiger partial charge in [-0.3, -0.25) is 9.47 Å². The van der Waals surface area contributed by atoms with E-state index in [-0.39, 0.29) is 5.69 Å². The van der Waals surface area contributed by atoms with Gasteiger partial charge in [0.2, 0.25) is 0 Å². The van der Waals surface area contributed by atoms with Gasteiger partial charge in [-0.05, 0) is 75.5 Å². The Morgan fingerprint density at radius 2 is 1.93 bits per heavy atom. The van der Waals surface area contributed by atoms with Crippen molar-refractivity contribution in [2.45, 2.75) is 25.7 Å². The zero-order valence-electron chi connectivity index (χ0n) is 15.8. The fourth-order valence-electron chi connectivity index (χ4n) is 4.28. The first kappa shape index (κ1) is 18.2. The largest absolute Gasteiger partial charge is 0.492 e. The minimum absolute atomic E-state index is 0.283. The standard InChI is InChI=1S/C21H28N4O2/c26-20-23-9-2-12-25(20)18-3-1-4-19(17-18)27-16-15-24-13-7-21(8-14-24)5-10-22-11-6-21/h1-4,9,12,17,22H,5-8,10-11,13-16H2. The van der Waals surface area contributed by atoms with Crippen molar-refractivity contribution in [2.24, 2.45) is 5.41 Å². The van der Waals surface area contributed by atoms with E-state index in [1.54, 1.807) is 12.3 Å². The highest BCUT2D eigenvalue weighted by Crippen LogP contribution is 2.39. The Morgan fingerprint density at radius 3 is 2.70 bits per heavy atom. The van der Waals surface area contributed by atoms with E-state index in [4.69, 9.17) is 4.74 Å². The fourth-order valence-corrected chi connectivity index (χ4v) is 4.28. The van der Waals surface area contributed by atoms with Crippen LogP contribution in [0.3, 0.4) is 0 Å². The van der Waals surface area contributed by atoms with Crippen LogP contribution in [0.4, 0.5) is 0 Å². The maximum atomic E-state index is 11.9.